The molecule has 2 aromatic carbocycles. The van der Waals surface area contributed by atoms with Crippen molar-refractivity contribution in [2.45, 2.75) is 119 Å². The lowest BCUT2D eigenvalue weighted by Gasteiger charge is -2.33. The van der Waals surface area contributed by atoms with Gasteiger partial charge in [-0.1, -0.05) is 110 Å². The lowest BCUT2D eigenvalue weighted by molar-refractivity contribution is 0.0692. The molecule has 0 radical (unpaired) electrons. The number of rotatable bonds is 26. The molecule has 0 aliphatic rings. The van der Waals surface area contributed by atoms with Crippen molar-refractivity contribution in [3.8, 4) is 28.4 Å². The zero-order valence-corrected chi connectivity index (χ0v) is 29.1. The molecule has 0 bridgehead atoms. The normalized spacial score (nSPS) is 11.6. The van der Waals surface area contributed by atoms with Gasteiger partial charge in [0.25, 0.3) is 0 Å². The van der Waals surface area contributed by atoms with E-state index in [1.54, 1.807) is 0 Å². The number of hydrogen-bond donors (Lipinski definition) is 0. The van der Waals surface area contributed by atoms with E-state index in [-0.39, 0.29) is 0 Å². The Hall–Kier alpha value is -2.06. The Morgan fingerprint density at radius 1 is 0.465 bits per heavy atom. The van der Waals surface area contributed by atoms with Gasteiger partial charge in [-0.25, -0.2) is 0 Å². The molecule has 0 unspecified atom stereocenters. The van der Waals surface area contributed by atoms with Crippen LogP contribution in [0.1, 0.15) is 119 Å². The molecule has 244 valence electrons. The second-order valence-corrected chi connectivity index (χ2v) is 13.6. The van der Waals surface area contributed by atoms with E-state index in [0.29, 0.717) is 51.1 Å². The lowest BCUT2D eigenvalue weighted by Crippen LogP contribution is -2.58. The largest absolute Gasteiger partial charge is 0.541 e. The van der Waals surface area contributed by atoms with Crippen LogP contribution in [-0.4, -0.2) is 48.4 Å². The van der Waals surface area contributed by atoms with Gasteiger partial charge >= 0.3 is 8.80 Å². The van der Waals surface area contributed by atoms with Gasteiger partial charge in [0.15, 0.2) is 11.5 Å². The first-order valence-electron chi connectivity index (χ1n) is 17.2. The molecule has 0 aliphatic carbocycles. The third-order valence-corrected chi connectivity index (χ3v) is 9.99. The Morgan fingerprint density at radius 2 is 0.860 bits per heavy atom. The fourth-order valence-electron chi connectivity index (χ4n) is 4.47. The van der Waals surface area contributed by atoms with Crippen molar-refractivity contribution >= 4 is 14.0 Å². The Morgan fingerprint density at radius 3 is 1.30 bits per heavy atom. The summed E-state index contributed by atoms with van der Waals surface area (Å²) < 4.78 is 40.4. The maximum Gasteiger partial charge on any atom is 0.541 e. The molecule has 0 aromatic heterocycles. The Bertz CT molecular complexity index is 957. The highest BCUT2D eigenvalue weighted by molar-refractivity contribution is 6.76. The van der Waals surface area contributed by atoms with Gasteiger partial charge in [0.1, 0.15) is 0 Å². The highest BCUT2D eigenvalue weighted by Gasteiger charge is 2.48. The van der Waals surface area contributed by atoms with E-state index in [4.69, 9.17) is 27.5 Å². The third kappa shape index (κ3) is 12.1. The first-order valence-corrected chi connectivity index (χ1v) is 18.9. The summed E-state index contributed by atoms with van der Waals surface area (Å²) in [6.07, 6.45) is 11.8. The van der Waals surface area contributed by atoms with Crippen LogP contribution >= 0.6 is 0 Å². The zero-order chi connectivity index (χ0) is 31.2. The molecule has 0 N–H and O–H groups in total. The van der Waals surface area contributed by atoms with Crippen LogP contribution < -0.4 is 19.4 Å². The first-order chi connectivity index (χ1) is 21.1. The molecule has 0 amide bonds. The van der Waals surface area contributed by atoms with E-state index in [1.165, 1.54) is 0 Å². The summed E-state index contributed by atoms with van der Waals surface area (Å²) in [4.78, 5) is 0. The van der Waals surface area contributed by atoms with Crippen LogP contribution in [0, 0.1) is 0 Å². The summed E-state index contributed by atoms with van der Waals surface area (Å²) in [5, 5.41) is 0.847. The van der Waals surface area contributed by atoms with Crippen molar-refractivity contribution in [3.63, 3.8) is 0 Å². The average Bonchev–Trinajstić information content (AvgIpc) is 3.02. The van der Waals surface area contributed by atoms with Crippen molar-refractivity contribution in [1.82, 2.24) is 0 Å². The smallest absolute Gasteiger partial charge is 0.489 e. The number of ether oxygens (including phenoxy) is 3. The van der Waals surface area contributed by atoms with Gasteiger partial charge in [0, 0.05) is 25.4 Å². The minimum atomic E-state index is -3.45. The fraction of sp³-hybridized carbons (Fsp3) is 0.667. The Kier molecular flexibility index (Phi) is 19.4. The summed E-state index contributed by atoms with van der Waals surface area (Å²) in [6, 6.07) is 12.6. The molecule has 43 heavy (non-hydrogen) atoms. The molecule has 0 saturated heterocycles. The predicted octanol–water partition coefficient (Wildman–Crippen LogP) is 9.49. The molecule has 2 aromatic rings. The van der Waals surface area contributed by atoms with Crippen LogP contribution in [0.2, 0.25) is 0 Å². The molecule has 6 nitrogen and oxygen atoms in total. The second kappa shape index (κ2) is 22.4. The standard InChI is InChI=1S/C36H60O6Si/c1-7-13-24-37-34-32(31-22-20-19-21-23-31)30-33(35(38-25-14-8-2)36(34)39-26-15-9-3)43(40-27-16-10-4,41-28-17-11-5)42-29-18-12-6/h19-23,30H,7-18,24-29H2,1-6H3. The van der Waals surface area contributed by atoms with Gasteiger partial charge < -0.3 is 27.5 Å². The van der Waals surface area contributed by atoms with Gasteiger partial charge in [-0.15, -0.1) is 0 Å². The number of benzene rings is 2. The third-order valence-electron chi connectivity index (χ3n) is 7.21. The molecule has 0 heterocycles. The van der Waals surface area contributed by atoms with E-state index < -0.39 is 8.80 Å². The van der Waals surface area contributed by atoms with Crippen molar-refractivity contribution in [3.05, 3.63) is 36.4 Å². The van der Waals surface area contributed by atoms with Crippen LogP contribution in [0.15, 0.2) is 36.4 Å². The minimum absolute atomic E-state index is 0.566. The SMILES string of the molecule is CCCCOc1c(-c2ccccc2)cc([Si](OCCCC)(OCCCC)OCCCC)c(OCCCC)c1OCCCC. The van der Waals surface area contributed by atoms with E-state index in [0.717, 1.165) is 99.1 Å². The maximum atomic E-state index is 6.82. The maximum absolute atomic E-state index is 6.82. The lowest BCUT2D eigenvalue weighted by atomic mass is 10.0. The Balaban J connectivity index is 2.94. The minimum Gasteiger partial charge on any atom is -0.489 e. The molecule has 0 fully saturated rings. The van der Waals surface area contributed by atoms with Crippen molar-refractivity contribution in [2.75, 3.05) is 39.6 Å². The summed E-state index contributed by atoms with van der Waals surface area (Å²) in [6.45, 7) is 16.5. The predicted molar refractivity (Wildman–Crippen MR) is 181 cm³/mol. The quantitative estimate of drug-likeness (QED) is 0.0775. The van der Waals surface area contributed by atoms with E-state index >= 15 is 0 Å². The summed E-state index contributed by atoms with van der Waals surface area (Å²) in [7, 11) is -3.45. The highest BCUT2D eigenvalue weighted by Crippen LogP contribution is 2.45. The summed E-state index contributed by atoms with van der Waals surface area (Å²) in [5.41, 5.74) is 2.00. The van der Waals surface area contributed by atoms with Crippen LogP contribution in [0.25, 0.3) is 11.1 Å². The van der Waals surface area contributed by atoms with Crippen LogP contribution in [0.4, 0.5) is 0 Å². The van der Waals surface area contributed by atoms with Gasteiger partial charge in [-0.3, -0.25) is 0 Å². The number of hydrogen-bond acceptors (Lipinski definition) is 6. The van der Waals surface area contributed by atoms with Gasteiger partial charge in [-0.2, -0.15) is 0 Å². The van der Waals surface area contributed by atoms with Gasteiger partial charge in [-0.05, 0) is 50.2 Å². The van der Waals surface area contributed by atoms with Crippen LogP contribution in [0.3, 0.4) is 0 Å². The number of unbranched alkanes of at least 4 members (excludes halogenated alkanes) is 6. The molecule has 0 aliphatic heterocycles. The molecule has 0 spiro atoms. The molecule has 0 saturated carbocycles. The van der Waals surface area contributed by atoms with E-state index in [9.17, 15) is 0 Å². The summed E-state index contributed by atoms with van der Waals surface area (Å²) >= 11 is 0. The zero-order valence-electron chi connectivity index (χ0n) is 28.1. The molecule has 0 atom stereocenters. The topological polar surface area (TPSA) is 55.4 Å². The van der Waals surface area contributed by atoms with Crippen molar-refractivity contribution < 1.29 is 27.5 Å². The molecular formula is C36H60O6Si. The van der Waals surface area contributed by atoms with Crippen LogP contribution in [-0.2, 0) is 13.3 Å². The monoisotopic (exact) mass is 616 g/mol. The highest BCUT2D eigenvalue weighted by atomic mass is 28.4. The van der Waals surface area contributed by atoms with E-state index in [1.807, 2.05) is 6.07 Å². The van der Waals surface area contributed by atoms with E-state index in [2.05, 4.69) is 71.9 Å². The first kappa shape index (κ1) is 37.1. The van der Waals surface area contributed by atoms with Gasteiger partial charge in [0.2, 0.25) is 5.75 Å². The molecule has 7 heteroatoms. The van der Waals surface area contributed by atoms with Crippen LogP contribution in [0.5, 0.6) is 17.2 Å². The van der Waals surface area contributed by atoms with Crippen molar-refractivity contribution in [1.29, 1.82) is 0 Å². The summed E-state index contributed by atoms with van der Waals surface area (Å²) in [5.74, 6) is 2.03. The second-order valence-electron chi connectivity index (χ2n) is 11.1. The fourth-order valence-corrected chi connectivity index (χ4v) is 7.21. The van der Waals surface area contributed by atoms with Crippen molar-refractivity contribution in [2.24, 2.45) is 0 Å². The average molecular weight is 617 g/mol. The Labute approximate surface area is 264 Å². The molecular weight excluding hydrogens is 556 g/mol. The van der Waals surface area contributed by atoms with Gasteiger partial charge in [0.05, 0.1) is 25.0 Å². The molecule has 2 rings (SSSR count).